The lowest BCUT2D eigenvalue weighted by Crippen LogP contribution is -2.37. The number of nitrogens with one attached hydrogen (secondary N) is 2. The monoisotopic (exact) mass is 365 g/mol. The number of hydrogen-bond acceptors (Lipinski definition) is 4. The van der Waals surface area contributed by atoms with Crippen LogP contribution < -0.4 is 15.0 Å². The maximum absolute atomic E-state index is 12.6. The molecule has 6 heteroatoms. The number of rotatable bonds is 5. The van der Waals surface area contributed by atoms with Gasteiger partial charge in [-0.15, -0.1) is 0 Å². The summed E-state index contributed by atoms with van der Waals surface area (Å²) in [4.78, 5) is 18.1. The van der Waals surface area contributed by atoms with E-state index in [4.69, 9.17) is 9.47 Å². The van der Waals surface area contributed by atoms with Gasteiger partial charge in [0.2, 0.25) is 0 Å². The number of anilines is 1. The number of methoxy groups -OCH3 is 1. The van der Waals surface area contributed by atoms with Crippen molar-refractivity contribution in [2.24, 2.45) is 0 Å². The first kappa shape index (κ1) is 17.4. The van der Waals surface area contributed by atoms with Crippen molar-refractivity contribution in [3.05, 3.63) is 59.8 Å². The third kappa shape index (κ3) is 3.75. The normalized spacial score (nSPS) is 14.3. The van der Waals surface area contributed by atoms with Crippen LogP contribution in [0.15, 0.2) is 48.5 Å². The second kappa shape index (κ2) is 7.72. The largest absolute Gasteiger partial charge is 0.497 e. The van der Waals surface area contributed by atoms with Crippen molar-refractivity contribution in [2.75, 3.05) is 38.3 Å². The Kier molecular flexibility index (Phi) is 4.98. The van der Waals surface area contributed by atoms with Crippen molar-refractivity contribution in [2.45, 2.75) is 6.54 Å². The molecule has 0 atom stereocenters. The summed E-state index contributed by atoms with van der Waals surface area (Å²) < 4.78 is 10.7. The molecule has 2 aromatic carbocycles. The number of amides is 1. The smallest absolute Gasteiger partial charge is 0.267 e. The molecule has 1 aliphatic heterocycles. The number of ether oxygens (including phenoxy) is 2. The van der Waals surface area contributed by atoms with Gasteiger partial charge in [-0.1, -0.05) is 18.2 Å². The minimum absolute atomic E-state index is 0.123. The van der Waals surface area contributed by atoms with E-state index in [-0.39, 0.29) is 5.91 Å². The number of carbonyl (C=O) groups is 1. The van der Waals surface area contributed by atoms with Gasteiger partial charge >= 0.3 is 0 Å². The molecule has 2 N–H and O–H groups in total. The molecule has 140 valence electrons. The lowest BCUT2D eigenvalue weighted by molar-refractivity contribution is 0.0946. The van der Waals surface area contributed by atoms with Crippen molar-refractivity contribution in [1.82, 2.24) is 10.3 Å². The van der Waals surface area contributed by atoms with E-state index < -0.39 is 0 Å². The van der Waals surface area contributed by atoms with Crippen LogP contribution in [-0.2, 0) is 11.3 Å². The summed E-state index contributed by atoms with van der Waals surface area (Å²) in [5, 5.41) is 4.01. The van der Waals surface area contributed by atoms with Gasteiger partial charge in [0.25, 0.3) is 5.91 Å². The zero-order chi connectivity index (χ0) is 18.6. The van der Waals surface area contributed by atoms with Crippen LogP contribution in [0.4, 0.5) is 5.69 Å². The van der Waals surface area contributed by atoms with Gasteiger partial charge in [0.1, 0.15) is 11.4 Å². The van der Waals surface area contributed by atoms with Crippen molar-refractivity contribution < 1.29 is 14.3 Å². The molecule has 1 saturated heterocycles. The molecule has 3 aromatic rings. The van der Waals surface area contributed by atoms with E-state index in [9.17, 15) is 4.79 Å². The van der Waals surface area contributed by atoms with Crippen LogP contribution in [0, 0.1) is 0 Å². The van der Waals surface area contributed by atoms with Gasteiger partial charge in [-0.25, -0.2) is 0 Å². The van der Waals surface area contributed by atoms with E-state index in [2.05, 4.69) is 27.3 Å². The number of benzene rings is 2. The third-order valence-corrected chi connectivity index (χ3v) is 4.86. The van der Waals surface area contributed by atoms with Crippen LogP contribution in [0.25, 0.3) is 10.9 Å². The molecule has 0 saturated carbocycles. The predicted octanol–water partition coefficient (Wildman–Crippen LogP) is 2.94. The highest BCUT2D eigenvalue weighted by Gasteiger charge is 2.15. The Morgan fingerprint density at radius 2 is 2.00 bits per heavy atom. The highest BCUT2D eigenvalue weighted by atomic mass is 16.5. The van der Waals surface area contributed by atoms with Crippen molar-refractivity contribution in [3.63, 3.8) is 0 Å². The van der Waals surface area contributed by atoms with Gasteiger partial charge in [0.15, 0.2) is 0 Å². The van der Waals surface area contributed by atoms with Gasteiger partial charge in [0.05, 0.1) is 20.3 Å². The molecule has 0 radical (unpaired) electrons. The van der Waals surface area contributed by atoms with Crippen LogP contribution >= 0.6 is 0 Å². The summed E-state index contributed by atoms with van der Waals surface area (Å²) in [6.07, 6.45) is 0. The van der Waals surface area contributed by atoms with Crippen LogP contribution in [0.3, 0.4) is 0 Å². The molecular formula is C21H23N3O3. The molecule has 0 bridgehead atoms. The Hall–Kier alpha value is -2.99. The molecule has 0 spiro atoms. The average Bonchev–Trinajstić information content (AvgIpc) is 3.16. The molecule has 0 unspecified atom stereocenters. The summed E-state index contributed by atoms with van der Waals surface area (Å²) in [5.41, 5.74) is 3.68. The molecule has 2 heterocycles. The van der Waals surface area contributed by atoms with E-state index in [0.717, 1.165) is 54.2 Å². The topological polar surface area (TPSA) is 66.6 Å². The van der Waals surface area contributed by atoms with Gasteiger partial charge in [-0.2, -0.15) is 0 Å². The first-order valence-corrected chi connectivity index (χ1v) is 9.10. The molecule has 0 aliphatic carbocycles. The standard InChI is InChI=1S/C21H23N3O3/c1-26-17-7-6-15-12-19(23-18(15)13-17)21(25)22-14-16-4-2-3-5-20(16)24-8-10-27-11-9-24/h2-7,12-13,23H,8-11,14H2,1H3,(H,22,25). The third-order valence-electron chi connectivity index (χ3n) is 4.86. The van der Waals surface area contributed by atoms with Crippen LogP contribution in [-0.4, -0.2) is 44.3 Å². The van der Waals surface area contributed by atoms with Gasteiger partial charge in [-0.05, 0) is 29.8 Å². The van der Waals surface area contributed by atoms with Crippen molar-refractivity contribution in [1.29, 1.82) is 0 Å². The van der Waals surface area contributed by atoms with E-state index in [1.807, 2.05) is 36.4 Å². The van der Waals surface area contributed by atoms with E-state index in [0.29, 0.717) is 12.2 Å². The molecule has 6 nitrogen and oxygen atoms in total. The molecule has 4 rings (SSSR count). The molecule has 27 heavy (non-hydrogen) atoms. The Labute approximate surface area is 158 Å². The van der Waals surface area contributed by atoms with Gasteiger partial charge < -0.3 is 24.7 Å². The SMILES string of the molecule is COc1ccc2cc(C(=O)NCc3ccccc3N3CCOCC3)[nH]c2c1. The number of carbonyl (C=O) groups excluding carboxylic acids is 1. The number of aromatic nitrogens is 1. The first-order valence-electron chi connectivity index (χ1n) is 9.10. The fraction of sp³-hybridized carbons (Fsp3) is 0.286. The van der Waals surface area contributed by atoms with Crippen LogP contribution in [0.2, 0.25) is 0 Å². The number of fused-ring (bicyclic) bond motifs is 1. The lowest BCUT2D eigenvalue weighted by atomic mass is 10.1. The molecule has 1 aliphatic rings. The summed E-state index contributed by atoms with van der Waals surface area (Å²) in [6, 6.07) is 15.8. The number of hydrogen-bond donors (Lipinski definition) is 2. The summed E-state index contributed by atoms with van der Waals surface area (Å²) in [6.45, 7) is 3.69. The fourth-order valence-corrected chi connectivity index (χ4v) is 3.40. The zero-order valence-electron chi connectivity index (χ0n) is 15.3. The predicted molar refractivity (Wildman–Crippen MR) is 105 cm³/mol. The minimum Gasteiger partial charge on any atom is -0.497 e. The Bertz CT molecular complexity index is 945. The molecule has 1 amide bonds. The Morgan fingerprint density at radius 3 is 2.81 bits per heavy atom. The average molecular weight is 365 g/mol. The molecular weight excluding hydrogens is 342 g/mol. The summed E-state index contributed by atoms with van der Waals surface area (Å²) in [5.74, 6) is 0.637. The first-order chi connectivity index (χ1) is 13.2. The van der Waals surface area contributed by atoms with Crippen molar-refractivity contribution in [3.8, 4) is 5.75 Å². The Balaban J connectivity index is 1.48. The van der Waals surface area contributed by atoms with Gasteiger partial charge in [-0.3, -0.25) is 4.79 Å². The number of aromatic amines is 1. The number of morpholine rings is 1. The van der Waals surface area contributed by atoms with Crippen molar-refractivity contribution >= 4 is 22.5 Å². The second-order valence-corrected chi connectivity index (χ2v) is 6.55. The van der Waals surface area contributed by atoms with Crippen LogP contribution in [0.1, 0.15) is 16.1 Å². The van der Waals surface area contributed by atoms with E-state index in [1.165, 1.54) is 0 Å². The Morgan fingerprint density at radius 1 is 1.19 bits per heavy atom. The van der Waals surface area contributed by atoms with Gasteiger partial charge in [0, 0.05) is 42.3 Å². The number of nitrogens with zero attached hydrogens (tertiary/aromatic N) is 1. The van der Waals surface area contributed by atoms with E-state index in [1.54, 1.807) is 7.11 Å². The summed E-state index contributed by atoms with van der Waals surface area (Å²) in [7, 11) is 1.63. The number of para-hydroxylation sites is 1. The zero-order valence-corrected chi connectivity index (χ0v) is 15.3. The molecule has 1 fully saturated rings. The maximum Gasteiger partial charge on any atom is 0.267 e. The highest BCUT2D eigenvalue weighted by molar-refractivity contribution is 5.98. The maximum atomic E-state index is 12.6. The highest BCUT2D eigenvalue weighted by Crippen LogP contribution is 2.23. The van der Waals surface area contributed by atoms with Crippen LogP contribution in [0.5, 0.6) is 5.75 Å². The fourth-order valence-electron chi connectivity index (χ4n) is 3.40. The lowest BCUT2D eigenvalue weighted by Gasteiger charge is -2.30. The minimum atomic E-state index is -0.123. The number of H-pyrrole nitrogens is 1. The summed E-state index contributed by atoms with van der Waals surface area (Å²) >= 11 is 0. The quantitative estimate of drug-likeness (QED) is 0.730. The van der Waals surface area contributed by atoms with E-state index >= 15 is 0 Å². The molecule has 1 aromatic heterocycles. The second-order valence-electron chi connectivity index (χ2n) is 6.55.